The number of carbonyl (C=O) groups is 1. The normalized spacial score (nSPS) is 18.5. The molecule has 1 N–H and O–H groups in total. The van der Waals surface area contributed by atoms with Gasteiger partial charge in [-0.2, -0.15) is 0 Å². The maximum atomic E-state index is 12.8. The van der Waals surface area contributed by atoms with Crippen molar-refractivity contribution < 1.29 is 4.79 Å². The Balaban J connectivity index is 1.16. The minimum Gasteiger partial charge on any atom is -0.356 e. The van der Waals surface area contributed by atoms with Crippen LogP contribution < -0.4 is 15.8 Å². The third kappa shape index (κ3) is 4.53. The maximum absolute atomic E-state index is 12.8. The number of aromatic nitrogens is 6. The molecule has 0 radical (unpaired) electrons. The molecule has 0 bridgehead atoms. The number of rotatable bonds is 7. The van der Waals surface area contributed by atoms with Crippen molar-refractivity contribution in [2.45, 2.75) is 38.1 Å². The number of nitrogens with one attached hydrogen (secondary N) is 1. The average molecular weight is 435 g/mol. The molecule has 1 aliphatic carbocycles. The molecular weight excluding hydrogens is 408 g/mol. The molecule has 2 fully saturated rings. The molecule has 2 aliphatic rings. The van der Waals surface area contributed by atoms with Crippen molar-refractivity contribution in [1.82, 2.24) is 34.4 Å². The second kappa shape index (κ2) is 8.89. The first-order valence-electron chi connectivity index (χ1n) is 11.1. The van der Waals surface area contributed by atoms with Crippen LogP contribution in [0.4, 0.5) is 5.82 Å². The Morgan fingerprint density at radius 2 is 1.97 bits per heavy atom. The van der Waals surface area contributed by atoms with E-state index < -0.39 is 0 Å². The molecule has 3 aromatic rings. The zero-order valence-electron chi connectivity index (χ0n) is 17.8. The van der Waals surface area contributed by atoms with Gasteiger partial charge in [-0.3, -0.25) is 18.7 Å². The van der Waals surface area contributed by atoms with Gasteiger partial charge in [0.05, 0.1) is 17.9 Å². The Bertz CT molecular complexity index is 1140. The van der Waals surface area contributed by atoms with Gasteiger partial charge in [-0.15, -0.1) is 0 Å². The summed E-state index contributed by atoms with van der Waals surface area (Å²) in [4.78, 5) is 44.3. The van der Waals surface area contributed by atoms with Gasteiger partial charge in [-0.05, 0) is 25.7 Å². The van der Waals surface area contributed by atoms with Crippen molar-refractivity contribution in [1.29, 1.82) is 0 Å². The first kappa shape index (κ1) is 20.3. The van der Waals surface area contributed by atoms with Gasteiger partial charge in [0.1, 0.15) is 24.3 Å². The molecule has 1 saturated carbocycles. The number of hydrogen-bond acceptors (Lipinski definition) is 7. The predicted octanol–water partition coefficient (Wildman–Crippen LogP) is 1.13. The molecule has 0 spiro atoms. The van der Waals surface area contributed by atoms with E-state index in [1.807, 2.05) is 16.8 Å². The summed E-state index contributed by atoms with van der Waals surface area (Å²) >= 11 is 0. The number of piperidine rings is 1. The van der Waals surface area contributed by atoms with Crippen molar-refractivity contribution in [3.8, 4) is 5.82 Å². The highest BCUT2D eigenvalue weighted by atomic mass is 16.2. The second-order valence-electron chi connectivity index (χ2n) is 8.40. The molecule has 1 aliphatic heterocycles. The monoisotopic (exact) mass is 434 g/mol. The lowest BCUT2D eigenvalue weighted by Crippen LogP contribution is -2.44. The predicted molar refractivity (Wildman–Crippen MR) is 118 cm³/mol. The van der Waals surface area contributed by atoms with Crippen LogP contribution in [0.5, 0.6) is 0 Å². The lowest BCUT2D eigenvalue weighted by molar-refractivity contribution is -0.125. The molecule has 166 valence electrons. The fraction of sp³-hybridized carbons (Fsp3) is 0.455. The Kier molecular flexibility index (Phi) is 5.66. The minimum atomic E-state index is -0.123. The smallest absolute Gasteiger partial charge is 0.253 e. The van der Waals surface area contributed by atoms with Crippen LogP contribution in [0.2, 0.25) is 0 Å². The molecule has 10 heteroatoms. The number of anilines is 1. The van der Waals surface area contributed by atoms with Crippen LogP contribution in [0, 0.1) is 5.92 Å². The van der Waals surface area contributed by atoms with E-state index in [9.17, 15) is 9.59 Å². The van der Waals surface area contributed by atoms with Crippen LogP contribution >= 0.6 is 0 Å². The van der Waals surface area contributed by atoms with E-state index in [2.05, 4.69) is 30.2 Å². The SMILES string of the molecule is O=C(NCCn1cnc(C2CC2)cc1=O)C1CCCN(c2cc(-n3ccnc3)ncn2)C1. The summed E-state index contributed by atoms with van der Waals surface area (Å²) < 4.78 is 3.38. The minimum absolute atomic E-state index is 0.00852. The van der Waals surface area contributed by atoms with Crippen molar-refractivity contribution in [2.75, 3.05) is 24.5 Å². The van der Waals surface area contributed by atoms with Gasteiger partial charge in [0.2, 0.25) is 5.91 Å². The van der Waals surface area contributed by atoms with Gasteiger partial charge in [-0.25, -0.2) is 19.9 Å². The second-order valence-corrected chi connectivity index (χ2v) is 8.40. The average Bonchev–Trinajstić information content (AvgIpc) is 3.53. The van der Waals surface area contributed by atoms with Gasteiger partial charge in [-0.1, -0.05) is 0 Å². The van der Waals surface area contributed by atoms with Crippen LogP contribution in [-0.2, 0) is 11.3 Å². The van der Waals surface area contributed by atoms with E-state index in [1.54, 1.807) is 29.5 Å². The number of amides is 1. The van der Waals surface area contributed by atoms with Gasteiger partial charge < -0.3 is 10.2 Å². The molecule has 1 saturated heterocycles. The highest BCUT2D eigenvalue weighted by Gasteiger charge is 2.27. The quantitative estimate of drug-likeness (QED) is 0.593. The number of hydrogen-bond donors (Lipinski definition) is 1. The Labute approximate surface area is 185 Å². The molecule has 1 amide bonds. The van der Waals surface area contributed by atoms with Crippen molar-refractivity contribution >= 4 is 11.7 Å². The van der Waals surface area contributed by atoms with E-state index in [1.165, 1.54) is 6.33 Å². The molecule has 4 heterocycles. The molecule has 10 nitrogen and oxygen atoms in total. The fourth-order valence-electron chi connectivity index (χ4n) is 4.10. The van der Waals surface area contributed by atoms with Crippen LogP contribution in [0.15, 0.2) is 48.3 Å². The van der Waals surface area contributed by atoms with Gasteiger partial charge >= 0.3 is 0 Å². The zero-order chi connectivity index (χ0) is 21.9. The number of carbonyl (C=O) groups excluding carboxylic acids is 1. The lowest BCUT2D eigenvalue weighted by atomic mass is 9.97. The lowest BCUT2D eigenvalue weighted by Gasteiger charge is -2.33. The first-order valence-corrected chi connectivity index (χ1v) is 11.1. The molecule has 3 aromatic heterocycles. The largest absolute Gasteiger partial charge is 0.356 e. The summed E-state index contributed by atoms with van der Waals surface area (Å²) in [5, 5.41) is 2.99. The van der Waals surface area contributed by atoms with Crippen molar-refractivity contribution in [3.05, 3.63) is 59.6 Å². The summed E-state index contributed by atoms with van der Waals surface area (Å²) in [5.41, 5.74) is 0.830. The van der Waals surface area contributed by atoms with Crippen LogP contribution in [-0.4, -0.2) is 54.6 Å². The first-order chi connectivity index (χ1) is 15.7. The van der Waals surface area contributed by atoms with Crippen LogP contribution in [0.3, 0.4) is 0 Å². The standard InChI is InChI=1S/C22H26N8O2/c31-21-10-18(16-3-4-16)27-15-30(21)9-6-24-22(32)17-2-1-7-28(12-17)19-11-20(26-13-25-19)29-8-5-23-14-29/h5,8,10-11,13-17H,1-4,6-7,9,12H2,(H,24,32). The summed E-state index contributed by atoms with van der Waals surface area (Å²) in [5.74, 6) is 1.88. The molecule has 0 aromatic carbocycles. The van der Waals surface area contributed by atoms with E-state index in [-0.39, 0.29) is 17.4 Å². The third-order valence-electron chi connectivity index (χ3n) is 6.07. The highest BCUT2D eigenvalue weighted by molar-refractivity contribution is 5.79. The Hall–Kier alpha value is -3.56. The van der Waals surface area contributed by atoms with Crippen molar-refractivity contribution in [3.63, 3.8) is 0 Å². The molecule has 1 unspecified atom stereocenters. The summed E-state index contributed by atoms with van der Waals surface area (Å²) in [6, 6.07) is 3.53. The van der Waals surface area contributed by atoms with Gasteiger partial charge in [0, 0.05) is 56.6 Å². The summed E-state index contributed by atoms with van der Waals surface area (Å²) in [7, 11) is 0. The zero-order valence-corrected chi connectivity index (χ0v) is 17.8. The van der Waals surface area contributed by atoms with Crippen LogP contribution in [0.25, 0.3) is 5.82 Å². The third-order valence-corrected chi connectivity index (χ3v) is 6.07. The van der Waals surface area contributed by atoms with Gasteiger partial charge in [0.15, 0.2) is 0 Å². The van der Waals surface area contributed by atoms with Gasteiger partial charge in [0.25, 0.3) is 5.56 Å². The van der Waals surface area contributed by atoms with E-state index in [0.717, 1.165) is 49.6 Å². The highest BCUT2D eigenvalue weighted by Crippen LogP contribution is 2.38. The topological polar surface area (TPSA) is 111 Å². The summed E-state index contributed by atoms with van der Waals surface area (Å²) in [6.45, 7) is 2.26. The van der Waals surface area contributed by atoms with E-state index >= 15 is 0 Å². The number of imidazole rings is 1. The fourth-order valence-corrected chi connectivity index (χ4v) is 4.10. The molecule has 1 atom stereocenters. The molecule has 5 rings (SSSR count). The Morgan fingerprint density at radius 3 is 2.75 bits per heavy atom. The maximum Gasteiger partial charge on any atom is 0.253 e. The number of nitrogens with zero attached hydrogens (tertiary/aromatic N) is 7. The van der Waals surface area contributed by atoms with E-state index in [0.29, 0.717) is 25.6 Å². The van der Waals surface area contributed by atoms with E-state index in [4.69, 9.17) is 0 Å². The Morgan fingerprint density at radius 1 is 1.09 bits per heavy atom. The van der Waals surface area contributed by atoms with Crippen LogP contribution in [0.1, 0.15) is 37.3 Å². The molecule has 32 heavy (non-hydrogen) atoms. The van der Waals surface area contributed by atoms with Crippen molar-refractivity contribution in [2.24, 2.45) is 5.92 Å². The molecular formula is C22H26N8O2. The summed E-state index contributed by atoms with van der Waals surface area (Å²) in [6.07, 6.45) is 12.3.